The van der Waals surface area contributed by atoms with E-state index in [1.54, 1.807) is 0 Å². The number of hydrogen-bond acceptors (Lipinski definition) is 6. The summed E-state index contributed by atoms with van der Waals surface area (Å²) in [6, 6.07) is 7.29. The second kappa shape index (κ2) is 9.91. The summed E-state index contributed by atoms with van der Waals surface area (Å²) in [5.41, 5.74) is 2.01. The zero-order chi connectivity index (χ0) is 22.3. The number of amides is 2. The molecule has 0 aliphatic carbocycles. The van der Waals surface area contributed by atoms with Gasteiger partial charge >= 0.3 is 6.18 Å². The number of thioether (sulfide) groups is 1. The predicted molar refractivity (Wildman–Crippen MR) is 97.0 cm³/mol. The highest BCUT2D eigenvalue weighted by molar-refractivity contribution is 8.00. The summed E-state index contributed by atoms with van der Waals surface area (Å²) in [5, 5.41) is 11.0. The van der Waals surface area contributed by atoms with Crippen molar-refractivity contribution in [2.45, 2.75) is 11.1 Å². The zero-order valence-electron chi connectivity index (χ0n) is 14.9. The molecule has 2 amide bonds. The first kappa shape index (κ1) is 22.9. The van der Waals surface area contributed by atoms with Gasteiger partial charge in [0.25, 0.3) is 11.6 Å². The van der Waals surface area contributed by atoms with Crippen LogP contribution in [0.4, 0.5) is 23.2 Å². The standard InChI is InChI=1S/C17H13F4N3O5S/c18-11-3-1-2-4-13(11)29-8-15(25)22-23-16(26)9-30-14-6-5-10(17(19,20)21)7-12(14)24(27)28/h1-7H,8-9H2,(H,22,25)(H,23,26). The van der Waals surface area contributed by atoms with Gasteiger partial charge in [0.15, 0.2) is 18.2 Å². The van der Waals surface area contributed by atoms with E-state index in [2.05, 4.69) is 0 Å². The van der Waals surface area contributed by atoms with Crippen molar-refractivity contribution in [3.63, 3.8) is 0 Å². The van der Waals surface area contributed by atoms with Crippen molar-refractivity contribution < 1.29 is 36.8 Å². The van der Waals surface area contributed by atoms with Crippen LogP contribution in [0, 0.1) is 15.9 Å². The van der Waals surface area contributed by atoms with Crippen molar-refractivity contribution in [1.29, 1.82) is 0 Å². The fourth-order valence-corrected chi connectivity index (χ4v) is 2.82. The number of alkyl halides is 3. The van der Waals surface area contributed by atoms with E-state index in [9.17, 15) is 37.3 Å². The number of carbonyl (C=O) groups is 2. The monoisotopic (exact) mass is 447 g/mol. The molecule has 0 spiro atoms. The minimum atomic E-state index is -4.75. The number of halogens is 4. The van der Waals surface area contributed by atoms with E-state index in [0.717, 1.165) is 12.1 Å². The van der Waals surface area contributed by atoms with Crippen LogP contribution in [0.15, 0.2) is 47.4 Å². The van der Waals surface area contributed by atoms with Gasteiger partial charge in [-0.1, -0.05) is 12.1 Å². The van der Waals surface area contributed by atoms with Gasteiger partial charge in [0.05, 0.1) is 21.1 Å². The van der Waals surface area contributed by atoms with Crippen LogP contribution >= 0.6 is 11.8 Å². The molecule has 0 saturated heterocycles. The number of rotatable bonds is 7. The van der Waals surface area contributed by atoms with Gasteiger partial charge in [0.1, 0.15) is 0 Å². The van der Waals surface area contributed by atoms with Crippen molar-refractivity contribution in [2.75, 3.05) is 12.4 Å². The molecule has 13 heteroatoms. The van der Waals surface area contributed by atoms with E-state index in [1.165, 1.54) is 18.2 Å². The summed E-state index contributed by atoms with van der Waals surface area (Å²) in [5.74, 6) is -2.86. The van der Waals surface area contributed by atoms with E-state index in [4.69, 9.17) is 4.74 Å². The molecule has 2 N–H and O–H groups in total. The lowest BCUT2D eigenvalue weighted by Crippen LogP contribution is -2.44. The minimum Gasteiger partial charge on any atom is -0.481 e. The van der Waals surface area contributed by atoms with Crippen molar-refractivity contribution >= 4 is 29.3 Å². The quantitative estimate of drug-likeness (QED) is 0.292. The molecule has 30 heavy (non-hydrogen) atoms. The van der Waals surface area contributed by atoms with E-state index in [0.29, 0.717) is 23.9 Å². The maximum atomic E-state index is 13.4. The predicted octanol–water partition coefficient (Wildman–Crippen LogP) is 3.07. The topological polar surface area (TPSA) is 111 Å². The van der Waals surface area contributed by atoms with Crippen molar-refractivity contribution in [3.05, 3.63) is 64.0 Å². The number of ether oxygens (including phenoxy) is 1. The van der Waals surface area contributed by atoms with E-state index in [-0.39, 0.29) is 10.6 Å². The van der Waals surface area contributed by atoms with Gasteiger partial charge in [-0.3, -0.25) is 30.6 Å². The molecule has 160 valence electrons. The number of para-hydroxylation sites is 1. The molecule has 0 aliphatic rings. The summed E-state index contributed by atoms with van der Waals surface area (Å²) >= 11 is 0.613. The van der Waals surface area contributed by atoms with Gasteiger partial charge in [0.2, 0.25) is 5.91 Å². The maximum Gasteiger partial charge on any atom is 0.416 e. The lowest BCUT2D eigenvalue weighted by Gasteiger charge is -2.10. The molecule has 0 aromatic heterocycles. The highest BCUT2D eigenvalue weighted by atomic mass is 32.2. The number of nitrogens with one attached hydrogen (secondary N) is 2. The van der Waals surface area contributed by atoms with Gasteiger partial charge in [-0.2, -0.15) is 13.2 Å². The van der Waals surface area contributed by atoms with Crippen LogP contribution in [-0.2, 0) is 15.8 Å². The Morgan fingerprint density at radius 1 is 1.10 bits per heavy atom. The lowest BCUT2D eigenvalue weighted by molar-refractivity contribution is -0.388. The lowest BCUT2D eigenvalue weighted by atomic mass is 10.2. The largest absolute Gasteiger partial charge is 0.481 e. The molecule has 0 radical (unpaired) electrons. The Balaban J connectivity index is 1.85. The van der Waals surface area contributed by atoms with Crippen LogP contribution in [0.2, 0.25) is 0 Å². The first-order valence-electron chi connectivity index (χ1n) is 8.01. The number of nitrogens with zero attached hydrogens (tertiary/aromatic N) is 1. The van der Waals surface area contributed by atoms with Gasteiger partial charge in [-0.25, -0.2) is 4.39 Å². The highest BCUT2D eigenvalue weighted by Crippen LogP contribution is 2.36. The second-order valence-corrected chi connectivity index (χ2v) is 6.56. The zero-order valence-corrected chi connectivity index (χ0v) is 15.7. The fraction of sp³-hybridized carbons (Fsp3) is 0.176. The minimum absolute atomic E-state index is 0.155. The van der Waals surface area contributed by atoms with Crippen LogP contribution in [0.25, 0.3) is 0 Å². The molecule has 0 bridgehead atoms. The molecule has 0 unspecified atom stereocenters. The SMILES string of the molecule is O=C(COc1ccccc1F)NNC(=O)CSc1ccc(C(F)(F)F)cc1[N+](=O)[O-]. The molecular weight excluding hydrogens is 434 g/mol. The fourth-order valence-electron chi connectivity index (χ4n) is 2.02. The first-order chi connectivity index (χ1) is 14.1. The molecule has 0 saturated carbocycles. The molecule has 8 nitrogen and oxygen atoms in total. The average Bonchev–Trinajstić information content (AvgIpc) is 2.69. The molecule has 2 rings (SSSR count). The van der Waals surface area contributed by atoms with Crippen molar-refractivity contribution in [3.8, 4) is 5.75 Å². The Labute approximate surface area is 170 Å². The summed E-state index contributed by atoms with van der Waals surface area (Å²) in [7, 11) is 0. The number of hydrazine groups is 1. The van der Waals surface area contributed by atoms with E-state index >= 15 is 0 Å². The molecule has 0 atom stereocenters. The molecule has 2 aromatic rings. The van der Waals surface area contributed by atoms with Crippen molar-refractivity contribution in [1.82, 2.24) is 10.9 Å². The maximum absolute atomic E-state index is 13.4. The molecule has 0 aliphatic heterocycles. The summed E-state index contributed by atoms with van der Waals surface area (Å²) in [6.45, 7) is -0.598. The molecule has 2 aromatic carbocycles. The summed E-state index contributed by atoms with van der Waals surface area (Å²) < 4.78 is 56.3. The first-order valence-corrected chi connectivity index (χ1v) is 9.00. The van der Waals surface area contributed by atoms with Crippen LogP contribution in [0.1, 0.15) is 5.56 Å². The Morgan fingerprint density at radius 2 is 1.77 bits per heavy atom. The van der Waals surface area contributed by atoms with E-state index in [1.807, 2.05) is 10.9 Å². The van der Waals surface area contributed by atoms with Gasteiger partial charge in [-0.05, 0) is 24.3 Å². The Hall–Kier alpha value is -3.35. The van der Waals surface area contributed by atoms with Crippen molar-refractivity contribution in [2.24, 2.45) is 0 Å². The molecular formula is C17H13F4N3O5S. The number of carbonyl (C=O) groups excluding carboxylic acids is 2. The summed E-state index contributed by atoms with van der Waals surface area (Å²) in [4.78, 5) is 33.2. The average molecular weight is 447 g/mol. The third-order valence-corrected chi connectivity index (χ3v) is 4.44. The van der Waals surface area contributed by atoms with Gasteiger partial charge < -0.3 is 4.74 Å². The Bertz CT molecular complexity index is 955. The highest BCUT2D eigenvalue weighted by Gasteiger charge is 2.33. The number of nitro benzene ring substituents is 1. The number of nitro groups is 1. The summed E-state index contributed by atoms with van der Waals surface area (Å²) in [6.07, 6.45) is -4.75. The Morgan fingerprint density at radius 3 is 2.40 bits per heavy atom. The second-order valence-electron chi connectivity index (χ2n) is 5.54. The van der Waals surface area contributed by atoms with Crippen LogP contribution < -0.4 is 15.6 Å². The third-order valence-electron chi connectivity index (χ3n) is 3.38. The molecule has 0 fully saturated rings. The normalized spacial score (nSPS) is 10.9. The van der Waals surface area contributed by atoms with Crippen LogP contribution in [0.5, 0.6) is 5.75 Å². The number of hydrogen-bond donors (Lipinski definition) is 2. The smallest absolute Gasteiger partial charge is 0.416 e. The van der Waals surface area contributed by atoms with Gasteiger partial charge in [0, 0.05) is 6.07 Å². The van der Waals surface area contributed by atoms with Crippen LogP contribution in [-0.4, -0.2) is 29.1 Å². The third kappa shape index (κ3) is 6.62. The molecule has 0 heterocycles. The van der Waals surface area contributed by atoms with Crippen LogP contribution in [0.3, 0.4) is 0 Å². The van der Waals surface area contributed by atoms with Gasteiger partial charge in [-0.15, -0.1) is 11.8 Å². The van der Waals surface area contributed by atoms with E-state index < -0.39 is 52.3 Å². The Kier molecular flexibility index (Phi) is 7.58. The number of benzene rings is 2.